The Balaban J connectivity index is 1.50. The van der Waals surface area contributed by atoms with E-state index in [9.17, 15) is 18.0 Å². The molecule has 172 valence electrons. The van der Waals surface area contributed by atoms with E-state index < -0.39 is 23.0 Å². The number of rotatable bonds is 6. The van der Waals surface area contributed by atoms with E-state index in [1.165, 1.54) is 6.08 Å². The molecule has 2 aromatic rings. The third-order valence-corrected chi connectivity index (χ3v) is 5.94. The van der Waals surface area contributed by atoms with Crippen molar-refractivity contribution in [3.05, 3.63) is 59.4 Å². The maximum absolute atomic E-state index is 13.0. The minimum absolute atomic E-state index is 0.141. The Labute approximate surface area is 192 Å². The molecular weight excluding hydrogens is 455 g/mol. The second kappa shape index (κ2) is 8.89. The maximum atomic E-state index is 13.0. The number of hydrazone groups is 1. The van der Waals surface area contributed by atoms with Crippen molar-refractivity contribution >= 4 is 39.8 Å². The molecule has 11 heteroatoms. The van der Waals surface area contributed by atoms with Crippen LogP contribution in [0.4, 0.5) is 13.2 Å². The largest absolute Gasteiger partial charge is 0.491 e. The fourth-order valence-corrected chi connectivity index (χ4v) is 4.12. The molecule has 3 heterocycles. The first kappa shape index (κ1) is 22.8. The molecule has 1 aromatic carbocycles. The van der Waals surface area contributed by atoms with E-state index in [-0.39, 0.29) is 22.5 Å². The van der Waals surface area contributed by atoms with Crippen molar-refractivity contribution in [2.75, 3.05) is 6.61 Å². The summed E-state index contributed by atoms with van der Waals surface area (Å²) in [6.45, 7) is 5.00. The Morgan fingerprint density at radius 1 is 1.21 bits per heavy atom. The number of nitrogens with zero attached hydrogens (tertiary/aromatic N) is 4. The summed E-state index contributed by atoms with van der Waals surface area (Å²) in [5, 5.41) is 10.9. The van der Waals surface area contributed by atoms with Crippen molar-refractivity contribution in [3.8, 4) is 5.75 Å². The molecule has 4 rings (SSSR count). The molecule has 0 aliphatic carbocycles. The highest BCUT2D eigenvalue weighted by Crippen LogP contribution is 2.35. The van der Waals surface area contributed by atoms with Crippen LogP contribution in [0.15, 0.2) is 58.3 Å². The SMILES string of the molecule is CC(C)c1ccccc1OCCn1cccc1/C=C1/C(=N)N2N=C(C(F)(F)F)SC2=NC1=O. The Bertz CT molecular complexity index is 1200. The molecule has 0 unspecified atom stereocenters. The zero-order valence-corrected chi connectivity index (χ0v) is 18.6. The number of nitrogens with one attached hydrogen (secondary N) is 1. The highest BCUT2D eigenvalue weighted by atomic mass is 32.2. The van der Waals surface area contributed by atoms with E-state index in [0.717, 1.165) is 16.3 Å². The summed E-state index contributed by atoms with van der Waals surface area (Å²) in [5.41, 5.74) is 1.55. The van der Waals surface area contributed by atoms with Crippen molar-refractivity contribution in [2.24, 2.45) is 10.1 Å². The van der Waals surface area contributed by atoms with Crippen LogP contribution in [0.1, 0.15) is 31.0 Å². The van der Waals surface area contributed by atoms with Crippen LogP contribution in [-0.4, -0.2) is 44.3 Å². The first-order valence-electron chi connectivity index (χ1n) is 10.1. The zero-order valence-electron chi connectivity index (χ0n) is 17.8. The Kier molecular flexibility index (Phi) is 6.15. The van der Waals surface area contributed by atoms with Crippen molar-refractivity contribution in [1.82, 2.24) is 9.58 Å². The van der Waals surface area contributed by atoms with Crippen LogP contribution in [-0.2, 0) is 11.3 Å². The number of amidine groups is 2. The number of fused-ring (bicyclic) bond motifs is 1. The first-order valence-corrected chi connectivity index (χ1v) is 10.9. The van der Waals surface area contributed by atoms with Crippen LogP contribution >= 0.6 is 11.8 Å². The number of amides is 1. The summed E-state index contributed by atoms with van der Waals surface area (Å²) >= 11 is 0.225. The Morgan fingerprint density at radius 2 is 1.97 bits per heavy atom. The molecule has 0 spiro atoms. The summed E-state index contributed by atoms with van der Waals surface area (Å²) in [6.07, 6.45) is -1.46. The van der Waals surface area contributed by atoms with E-state index in [1.54, 1.807) is 18.3 Å². The molecule has 2 aliphatic heterocycles. The second-order valence-corrected chi connectivity index (χ2v) is 8.55. The molecule has 1 aromatic heterocycles. The van der Waals surface area contributed by atoms with E-state index >= 15 is 0 Å². The molecule has 0 atom stereocenters. The number of hydrogen-bond donors (Lipinski definition) is 1. The molecule has 1 amide bonds. The third kappa shape index (κ3) is 4.72. The van der Waals surface area contributed by atoms with Gasteiger partial charge in [-0.05, 0) is 47.5 Å². The van der Waals surface area contributed by atoms with E-state index in [1.807, 2.05) is 28.8 Å². The summed E-state index contributed by atoms with van der Waals surface area (Å²) in [5.74, 6) is -0.125. The topological polar surface area (TPSA) is 83.0 Å². The van der Waals surface area contributed by atoms with E-state index in [2.05, 4.69) is 23.9 Å². The van der Waals surface area contributed by atoms with Crippen LogP contribution in [0.3, 0.4) is 0 Å². The highest BCUT2D eigenvalue weighted by molar-refractivity contribution is 8.27. The quantitative estimate of drug-likeness (QED) is 0.604. The van der Waals surface area contributed by atoms with Gasteiger partial charge in [0.05, 0.1) is 12.1 Å². The lowest BCUT2D eigenvalue weighted by atomic mass is 10.0. The molecule has 7 nitrogen and oxygen atoms in total. The Hall–Kier alpha value is -3.34. The minimum atomic E-state index is -4.68. The van der Waals surface area contributed by atoms with Crippen molar-refractivity contribution < 1.29 is 22.7 Å². The second-order valence-electron chi connectivity index (χ2n) is 7.59. The number of thioether (sulfide) groups is 1. The van der Waals surface area contributed by atoms with Crippen molar-refractivity contribution in [3.63, 3.8) is 0 Å². The fraction of sp³-hybridized carbons (Fsp3) is 0.273. The molecule has 0 bridgehead atoms. The zero-order chi connectivity index (χ0) is 23.8. The van der Waals surface area contributed by atoms with Gasteiger partial charge in [-0.2, -0.15) is 28.3 Å². The number of carbonyl (C=O) groups excluding carboxylic acids is 1. The average molecular weight is 475 g/mol. The monoisotopic (exact) mass is 475 g/mol. The summed E-state index contributed by atoms with van der Waals surface area (Å²) in [7, 11) is 0. The third-order valence-electron chi connectivity index (χ3n) is 4.98. The average Bonchev–Trinajstić information content (AvgIpc) is 3.38. The van der Waals surface area contributed by atoms with Crippen LogP contribution in [0.2, 0.25) is 0 Å². The Morgan fingerprint density at radius 3 is 2.70 bits per heavy atom. The van der Waals surface area contributed by atoms with Gasteiger partial charge in [0.2, 0.25) is 10.2 Å². The number of ether oxygens (including phenoxy) is 1. The van der Waals surface area contributed by atoms with E-state index in [4.69, 9.17) is 10.1 Å². The molecule has 2 aliphatic rings. The van der Waals surface area contributed by atoms with Crippen LogP contribution < -0.4 is 4.74 Å². The first-order chi connectivity index (χ1) is 15.6. The van der Waals surface area contributed by atoms with Gasteiger partial charge in [-0.15, -0.1) is 0 Å². The predicted molar refractivity (Wildman–Crippen MR) is 122 cm³/mol. The van der Waals surface area contributed by atoms with Gasteiger partial charge >= 0.3 is 6.18 Å². The standard InChI is InChI=1S/C22H20F3N5O2S/c1-13(2)15-7-3-4-8-17(15)32-11-10-29-9-5-6-14(29)12-16-18(26)30-21(27-19(16)31)33-20(28-30)22(23,24)25/h3-9,12-13,26H,10-11H2,1-2H3/b16-12-,26-18?. The number of aromatic nitrogens is 1. The number of benzene rings is 1. The van der Waals surface area contributed by atoms with Gasteiger partial charge in [0.15, 0.2) is 5.84 Å². The highest BCUT2D eigenvalue weighted by Gasteiger charge is 2.46. The van der Waals surface area contributed by atoms with Gasteiger partial charge in [0, 0.05) is 11.9 Å². The van der Waals surface area contributed by atoms with Crippen molar-refractivity contribution in [2.45, 2.75) is 32.5 Å². The molecular formula is C22H20F3N5O2S. The van der Waals surface area contributed by atoms with Crippen LogP contribution in [0, 0.1) is 5.41 Å². The lowest BCUT2D eigenvalue weighted by Gasteiger charge is -2.20. The van der Waals surface area contributed by atoms with Crippen LogP contribution in [0.5, 0.6) is 5.75 Å². The molecule has 1 N–H and O–H groups in total. The molecule has 0 fully saturated rings. The number of halogens is 3. The van der Waals surface area contributed by atoms with Gasteiger partial charge < -0.3 is 9.30 Å². The lowest BCUT2D eigenvalue weighted by Crippen LogP contribution is -2.35. The number of hydrogen-bond acceptors (Lipinski definition) is 5. The van der Waals surface area contributed by atoms with Gasteiger partial charge in [-0.1, -0.05) is 32.0 Å². The minimum Gasteiger partial charge on any atom is -0.491 e. The number of para-hydroxylation sites is 1. The predicted octanol–water partition coefficient (Wildman–Crippen LogP) is 4.87. The van der Waals surface area contributed by atoms with Gasteiger partial charge in [-0.3, -0.25) is 10.2 Å². The molecule has 33 heavy (non-hydrogen) atoms. The summed E-state index contributed by atoms with van der Waals surface area (Å²) < 4.78 is 46.7. The smallest absolute Gasteiger partial charge is 0.441 e. The van der Waals surface area contributed by atoms with E-state index in [0.29, 0.717) is 24.8 Å². The summed E-state index contributed by atoms with van der Waals surface area (Å²) in [6, 6.07) is 11.3. The van der Waals surface area contributed by atoms with Gasteiger partial charge in [0.1, 0.15) is 12.4 Å². The fourth-order valence-electron chi connectivity index (χ4n) is 3.36. The molecule has 0 saturated carbocycles. The summed E-state index contributed by atoms with van der Waals surface area (Å²) in [4.78, 5) is 16.1. The molecule has 0 radical (unpaired) electrons. The maximum Gasteiger partial charge on any atom is 0.441 e. The number of carbonyl (C=O) groups is 1. The normalized spacial score (nSPS) is 17.5. The molecule has 0 saturated heterocycles. The van der Waals surface area contributed by atoms with Crippen LogP contribution in [0.25, 0.3) is 6.08 Å². The number of alkyl halides is 3. The van der Waals surface area contributed by atoms with Crippen molar-refractivity contribution in [1.29, 1.82) is 5.41 Å². The number of aliphatic imine (C=N–C) groups is 1. The van der Waals surface area contributed by atoms with Gasteiger partial charge in [-0.25, -0.2) is 0 Å². The van der Waals surface area contributed by atoms with Gasteiger partial charge in [0.25, 0.3) is 5.91 Å². The lowest BCUT2D eigenvalue weighted by molar-refractivity contribution is -0.114.